The van der Waals surface area contributed by atoms with Crippen molar-refractivity contribution < 1.29 is 13.7 Å². The Kier molecular flexibility index (Phi) is 6.40. The number of nitrogens with zero attached hydrogens (tertiary/aromatic N) is 1. The Balaban J connectivity index is 2.63. The second-order valence-electron chi connectivity index (χ2n) is 3.78. The van der Waals surface area contributed by atoms with Crippen molar-refractivity contribution in [1.82, 2.24) is 0 Å². The van der Waals surface area contributed by atoms with Gasteiger partial charge in [-0.25, -0.2) is 0 Å². The maximum absolute atomic E-state index is 11.8. The summed E-state index contributed by atoms with van der Waals surface area (Å²) in [5.74, 6) is 1.62. The molecule has 5 heteroatoms. The molecule has 0 fully saturated rings. The smallest absolute Gasteiger partial charge is 0.136 e. The van der Waals surface area contributed by atoms with E-state index in [1.807, 2.05) is 6.07 Å². The first-order valence-corrected chi connectivity index (χ1v) is 7.11. The van der Waals surface area contributed by atoms with Gasteiger partial charge in [0, 0.05) is 36.0 Å². The first-order chi connectivity index (χ1) is 8.71. The predicted molar refractivity (Wildman–Crippen MR) is 70.9 cm³/mol. The molecule has 4 nitrogen and oxygen atoms in total. The van der Waals surface area contributed by atoms with Gasteiger partial charge in [-0.2, -0.15) is 5.26 Å². The van der Waals surface area contributed by atoms with Gasteiger partial charge in [-0.05, 0) is 24.1 Å². The van der Waals surface area contributed by atoms with Crippen LogP contribution < -0.4 is 4.74 Å². The largest absolute Gasteiger partial charge is 0.495 e. The molecule has 0 saturated carbocycles. The first kappa shape index (κ1) is 14.7. The molecule has 0 aromatic heterocycles. The van der Waals surface area contributed by atoms with Crippen LogP contribution in [0.15, 0.2) is 18.2 Å². The lowest BCUT2D eigenvalue weighted by atomic mass is 10.1. The fourth-order valence-corrected chi connectivity index (χ4v) is 2.69. The zero-order valence-corrected chi connectivity index (χ0v) is 11.5. The van der Waals surface area contributed by atoms with E-state index < -0.39 is 10.8 Å². The van der Waals surface area contributed by atoms with E-state index in [1.165, 1.54) is 7.11 Å². The first-order valence-electron chi connectivity index (χ1n) is 5.62. The van der Waals surface area contributed by atoms with E-state index in [1.54, 1.807) is 19.2 Å². The van der Waals surface area contributed by atoms with E-state index in [4.69, 9.17) is 14.7 Å². The Bertz CT molecular complexity index is 454. The van der Waals surface area contributed by atoms with E-state index in [2.05, 4.69) is 6.07 Å². The van der Waals surface area contributed by atoms with E-state index in [9.17, 15) is 4.21 Å². The van der Waals surface area contributed by atoms with Crippen molar-refractivity contribution in [2.45, 2.75) is 12.2 Å². The minimum absolute atomic E-state index is 0.461. The highest BCUT2D eigenvalue weighted by Crippen LogP contribution is 2.19. The number of hydrogen-bond donors (Lipinski definition) is 0. The minimum atomic E-state index is -0.922. The van der Waals surface area contributed by atoms with Crippen LogP contribution >= 0.6 is 0 Å². The van der Waals surface area contributed by atoms with Crippen LogP contribution in [0.2, 0.25) is 0 Å². The predicted octanol–water partition coefficient (Wildman–Crippen LogP) is 1.85. The Morgan fingerprint density at radius 2 is 2.17 bits per heavy atom. The quantitative estimate of drug-likeness (QED) is 0.707. The third kappa shape index (κ3) is 4.47. The molecule has 18 heavy (non-hydrogen) atoms. The lowest BCUT2D eigenvalue weighted by Crippen LogP contribution is -2.04. The summed E-state index contributed by atoms with van der Waals surface area (Å²) in [4.78, 5) is 0. The van der Waals surface area contributed by atoms with Crippen LogP contribution in [0, 0.1) is 11.3 Å². The summed E-state index contributed by atoms with van der Waals surface area (Å²) in [7, 11) is 2.24. The Labute approximate surface area is 110 Å². The van der Waals surface area contributed by atoms with Crippen molar-refractivity contribution in [3.05, 3.63) is 29.3 Å². The summed E-state index contributed by atoms with van der Waals surface area (Å²) in [5, 5.41) is 8.96. The van der Waals surface area contributed by atoms with Gasteiger partial charge < -0.3 is 9.47 Å². The molecule has 0 aliphatic carbocycles. The van der Waals surface area contributed by atoms with Crippen molar-refractivity contribution in [3.8, 4) is 11.8 Å². The zero-order chi connectivity index (χ0) is 13.4. The average molecular weight is 267 g/mol. The van der Waals surface area contributed by atoms with Gasteiger partial charge >= 0.3 is 0 Å². The fourth-order valence-electron chi connectivity index (χ4n) is 1.55. The van der Waals surface area contributed by atoms with E-state index in [0.29, 0.717) is 29.4 Å². The van der Waals surface area contributed by atoms with Crippen LogP contribution in [0.4, 0.5) is 0 Å². The van der Waals surface area contributed by atoms with Gasteiger partial charge in [-0.1, -0.05) is 6.07 Å². The third-order valence-electron chi connectivity index (χ3n) is 2.43. The SMILES string of the molecule is COCCCS(=O)Cc1ccc(OC)c(C#N)c1. The molecule has 0 radical (unpaired) electrons. The molecule has 1 rings (SSSR count). The highest BCUT2D eigenvalue weighted by molar-refractivity contribution is 7.84. The number of nitriles is 1. The Morgan fingerprint density at radius 3 is 2.78 bits per heavy atom. The number of rotatable bonds is 7. The molecule has 0 spiro atoms. The molecule has 0 N–H and O–H groups in total. The molecule has 0 bridgehead atoms. The third-order valence-corrected chi connectivity index (χ3v) is 3.83. The maximum atomic E-state index is 11.8. The van der Waals surface area contributed by atoms with Crippen LogP contribution in [0.1, 0.15) is 17.5 Å². The lowest BCUT2D eigenvalue weighted by Gasteiger charge is -2.06. The standard InChI is InChI=1S/C13H17NO3S/c1-16-6-3-7-18(15)10-11-4-5-13(17-2)12(8-11)9-14/h4-5,8H,3,6-7,10H2,1-2H3. The molecule has 0 saturated heterocycles. The summed E-state index contributed by atoms with van der Waals surface area (Å²) in [5.41, 5.74) is 1.37. The molecule has 1 unspecified atom stereocenters. The summed E-state index contributed by atoms with van der Waals surface area (Å²) in [6.07, 6.45) is 0.782. The number of hydrogen-bond acceptors (Lipinski definition) is 4. The normalized spacial score (nSPS) is 11.8. The lowest BCUT2D eigenvalue weighted by molar-refractivity contribution is 0.200. The van der Waals surface area contributed by atoms with Crippen molar-refractivity contribution in [2.24, 2.45) is 0 Å². The highest BCUT2D eigenvalue weighted by Gasteiger charge is 2.06. The maximum Gasteiger partial charge on any atom is 0.136 e. The molecule has 0 aliphatic rings. The van der Waals surface area contributed by atoms with Crippen LogP contribution in [-0.2, 0) is 21.3 Å². The number of benzene rings is 1. The van der Waals surface area contributed by atoms with Gasteiger partial charge in [-0.15, -0.1) is 0 Å². The minimum Gasteiger partial charge on any atom is -0.495 e. The van der Waals surface area contributed by atoms with Crippen molar-refractivity contribution in [3.63, 3.8) is 0 Å². The van der Waals surface area contributed by atoms with Crippen LogP contribution in [0.3, 0.4) is 0 Å². The van der Waals surface area contributed by atoms with Crippen molar-refractivity contribution >= 4 is 10.8 Å². The number of methoxy groups -OCH3 is 2. The van der Waals surface area contributed by atoms with Gasteiger partial charge in [0.25, 0.3) is 0 Å². The van der Waals surface area contributed by atoms with Gasteiger partial charge in [-0.3, -0.25) is 4.21 Å². The summed E-state index contributed by atoms with van der Waals surface area (Å²) in [6.45, 7) is 0.623. The second kappa shape index (κ2) is 7.85. The molecular weight excluding hydrogens is 250 g/mol. The van der Waals surface area contributed by atoms with Gasteiger partial charge in [0.1, 0.15) is 11.8 Å². The zero-order valence-electron chi connectivity index (χ0n) is 10.6. The Morgan fingerprint density at radius 1 is 1.39 bits per heavy atom. The number of ether oxygens (including phenoxy) is 2. The molecule has 98 valence electrons. The molecule has 0 aliphatic heterocycles. The van der Waals surface area contributed by atoms with Gasteiger partial charge in [0.15, 0.2) is 0 Å². The van der Waals surface area contributed by atoms with Crippen LogP contribution in [-0.4, -0.2) is 30.8 Å². The topological polar surface area (TPSA) is 59.3 Å². The summed E-state index contributed by atoms with van der Waals surface area (Å²) < 4.78 is 21.8. The molecule has 0 amide bonds. The highest BCUT2D eigenvalue weighted by atomic mass is 32.2. The summed E-state index contributed by atoms with van der Waals surface area (Å²) >= 11 is 0. The molecule has 1 aromatic rings. The van der Waals surface area contributed by atoms with E-state index >= 15 is 0 Å². The van der Waals surface area contributed by atoms with Crippen molar-refractivity contribution in [2.75, 3.05) is 26.6 Å². The molecular formula is C13H17NO3S. The van der Waals surface area contributed by atoms with Crippen molar-refractivity contribution in [1.29, 1.82) is 5.26 Å². The monoisotopic (exact) mass is 267 g/mol. The van der Waals surface area contributed by atoms with Crippen LogP contribution in [0.5, 0.6) is 5.75 Å². The van der Waals surface area contributed by atoms with Crippen LogP contribution in [0.25, 0.3) is 0 Å². The molecule has 1 atom stereocenters. The Hall–Kier alpha value is -1.38. The second-order valence-corrected chi connectivity index (χ2v) is 5.36. The van der Waals surface area contributed by atoms with E-state index in [0.717, 1.165) is 12.0 Å². The van der Waals surface area contributed by atoms with Gasteiger partial charge in [0.05, 0.1) is 12.7 Å². The summed E-state index contributed by atoms with van der Waals surface area (Å²) in [6, 6.07) is 7.38. The molecule has 0 heterocycles. The molecule has 1 aromatic carbocycles. The van der Waals surface area contributed by atoms with Gasteiger partial charge in [0.2, 0.25) is 0 Å². The van der Waals surface area contributed by atoms with E-state index in [-0.39, 0.29) is 0 Å². The average Bonchev–Trinajstić information content (AvgIpc) is 2.39. The fraction of sp³-hybridized carbons (Fsp3) is 0.462.